The maximum absolute atomic E-state index is 12.4. The molecular formula is C22H20N2O7S. The molecule has 9 nitrogen and oxygen atoms in total. The van der Waals surface area contributed by atoms with Crippen LogP contribution in [0.25, 0.3) is 6.08 Å². The van der Waals surface area contributed by atoms with Gasteiger partial charge in [0.2, 0.25) is 0 Å². The number of carbonyl (C=O) groups is 3. The Morgan fingerprint density at radius 3 is 2.44 bits per heavy atom. The van der Waals surface area contributed by atoms with Gasteiger partial charge in [-0.25, -0.2) is 14.6 Å². The summed E-state index contributed by atoms with van der Waals surface area (Å²) in [5.41, 5.74) is 1.09. The molecule has 0 radical (unpaired) electrons. The fourth-order valence-electron chi connectivity index (χ4n) is 2.91. The Hall–Kier alpha value is -3.79. The Morgan fingerprint density at radius 1 is 1.12 bits per heavy atom. The second kappa shape index (κ2) is 10.0. The van der Waals surface area contributed by atoms with Crippen LogP contribution in [0.3, 0.4) is 0 Å². The van der Waals surface area contributed by atoms with Crippen molar-refractivity contribution in [3.05, 3.63) is 58.0 Å². The molecule has 3 rings (SSSR count). The first kappa shape index (κ1) is 22.9. The minimum atomic E-state index is -1.22. The number of carboxylic acids is 1. The van der Waals surface area contributed by atoms with Gasteiger partial charge in [0.15, 0.2) is 16.7 Å². The molecule has 1 saturated heterocycles. The first-order valence-corrected chi connectivity index (χ1v) is 10.2. The van der Waals surface area contributed by atoms with Gasteiger partial charge in [-0.1, -0.05) is 6.07 Å². The van der Waals surface area contributed by atoms with Gasteiger partial charge < -0.3 is 24.6 Å². The highest BCUT2D eigenvalue weighted by Gasteiger charge is 2.26. The summed E-state index contributed by atoms with van der Waals surface area (Å²) in [7, 11) is 2.75. The molecule has 0 unspecified atom stereocenters. The Bertz CT molecular complexity index is 1120. The minimum absolute atomic E-state index is 0.0633. The van der Waals surface area contributed by atoms with Gasteiger partial charge in [-0.15, -0.1) is 0 Å². The number of nitrogens with zero attached hydrogens (tertiary/aromatic N) is 1. The summed E-state index contributed by atoms with van der Waals surface area (Å²) >= 11 is 1.06. The van der Waals surface area contributed by atoms with Crippen LogP contribution in [0.1, 0.15) is 33.2 Å². The van der Waals surface area contributed by atoms with Crippen molar-refractivity contribution in [1.82, 2.24) is 5.32 Å². The number of aromatic carboxylic acids is 1. The third-order valence-corrected chi connectivity index (χ3v) is 5.25. The molecule has 0 aliphatic carbocycles. The summed E-state index contributed by atoms with van der Waals surface area (Å²) in [5.74, 6) is -1.73. The fraction of sp³-hybridized carbons (Fsp3) is 0.182. The van der Waals surface area contributed by atoms with E-state index in [4.69, 9.17) is 14.2 Å². The standard InChI is InChI=1S/C22H20N2O7S/c1-4-31-21(28)12-5-8-14(9-6-12)23-22-24-19(25)16(32-22)11-13-7-10-15(29-2)18(30-3)17(13)20(26)27/h5-11H,4H2,1-3H3,(H,26,27)(H,23,24,25)/b16-11-. The largest absolute Gasteiger partial charge is 0.493 e. The predicted octanol–water partition coefficient (Wildman–Crippen LogP) is 3.47. The van der Waals surface area contributed by atoms with E-state index in [1.807, 2.05) is 0 Å². The number of carbonyl (C=O) groups excluding carboxylic acids is 2. The number of amidine groups is 1. The van der Waals surface area contributed by atoms with Crippen molar-refractivity contribution in [2.45, 2.75) is 6.92 Å². The second-order valence-corrected chi connectivity index (χ2v) is 7.35. The quantitative estimate of drug-likeness (QED) is 0.480. The third kappa shape index (κ3) is 4.92. The number of esters is 1. The maximum Gasteiger partial charge on any atom is 0.340 e. The van der Waals surface area contributed by atoms with E-state index in [1.54, 1.807) is 37.3 Å². The van der Waals surface area contributed by atoms with Gasteiger partial charge in [0.1, 0.15) is 5.56 Å². The Kier molecular flexibility index (Phi) is 7.16. The number of carboxylic acid groups (broad SMARTS) is 1. The van der Waals surface area contributed by atoms with E-state index in [2.05, 4.69) is 10.3 Å². The smallest absolute Gasteiger partial charge is 0.340 e. The molecular weight excluding hydrogens is 436 g/mol. The number of ether oxygens (including phenoxy) is 3. The van der Waals surface area contributed by atoms with Crippen molar-refractivity contribution in [3.8, 4) is 11.5 Å². The van der Waals surface area contributed by atoms with Crippen LogP contribution in [0.15, 0.2) is 46.3 Å². The van der Waals surface area contributed by atoms with Crippen LogP contribution in [0.2, 0.25) is 0 Å². The number of rotatable bonds is 7. The monoisotopic (exact) mass is 456 g/mol. The zero-order valence-electron chi connectivity index (χ0n) is 17.5. The highest BCUT2D eigenvalue weighted by molar-refractivity contribution is 8.18. The van der Waals surface area contributed by atoms with Crippen molar-refractivity contribution in [3.63, 3.8) is 0 Å². The number of amides is 1. The highest BCUT2D eigenvalue weighted by atomic mass is 32.2. The molecule has 166 valence electrons. The zero-order valence-corrected chi connectivity index (χ0v) is 18.3. The SMILES string of the molecule is CCOC(=O)c1ccc(N=C2NC(=O)/C(=C/c3ccc(OC)c(OC)c3C(=O)O)S2)cc1. The normalized spacial score (nSPS) is 15.5. The van der Waals surface area contributed by atoms with Crippen molar-refractivity contribution in [2.75, 3.05) is 20.8 Å². The van der Waals surface area contributed by atoms with Gasteiger partial charge in [0.25, 0.3) is 5.91 Å². The molecule has 2 aromatic rings. The third-order valence-electron chi connectivity index (χ3n) is 4.34. The summed E-state index contributed by atoms with van der Waals surface area (Å²) < 4.78 is 15.3. The molecule has 10 heteroatoms. The molecule has 1 heterocycles. The summed E-state index contributed by atoms with van der Waals surface area (Å²) in [6.45, 7) is 2.01. The van der Waals surface area contributed by atoms with Gasteiger partial charge in [-0.3, -0.25) is 4.79 Å². The average Bonchev–Trinajstić information content (AvgIpc) is 3.12. The van der Waals surface area contributed by atoms with Crippen LogP contribution >= 0.6 is 11.8 Å². The van der Waals surface area contributed by atoms with E-state index in [0.29, 0.717) is 16.4 Å². The molecule has 0 spiro atoms. The van der Waals surface area contributed by atoms with Gasteiger partial charge in [-0.2, -0.15) is 0 Å². The van der Waals surface area contributed by atoms with Gasteiger partial charge in [0.05, 0.1) is 37.0 Å². The van der Waals surface area contributed by atoms with Crippen molar-refractivity contribution >= 4 is 46.5 Å². The lowest BCUT2D eigenvalue weighted by Gasteiger charge is -2.12. The maximum atomic E-state index is 12.4. The molecule has 1 amide bonds. The molecule has 0 bridgehead atoms. The lowest BCUT2D eigenvalue weighted by atomic mass is 10.0. The Balaban J connectivity index is 1.87. The summed E-state index contributed by atoms with van der Waals surface area (Å²) in [4.78, 5) is 40.6. The number of nitrogens with one attached hydrogen (secondary N) is 1. The predicted molar refractivity (Wildman–Crippen MR) is 120 cm³/mol. The number of hydrogen-bond acceptors (Lipinski definition) is 8. The summed E-state index contributed by atoms with van der Waals surface area (Å²) in [6, 6.07) is 9.52. The van der Waals surface area contributed by atoms with Crippen LogP contribution in [-0.4, -0.2) is 48.9 Å². The van der Waals surface area contributed by atoms with E-state index in [0.717, 1.165) is 11.8 Å². The number of hydrogen-bond donors (Lipinski definition) is 2. The van der Waals surface area contributed by atoms with Gasteiger partial charge in [0, 0.05) is 0 Å². The van der Waals surface area contributed by atoms with Gasteiger partial charge in [-0.05, 0) is 60.7 Å². The average molecular weight is 456 g/mol. The summed E-state index contributed by atoms with van der Waals surface area (Å²) in [5, 5.41) is 12.6. The molecule has 0 saturated carbocycles. The van der Waals surface area contributed by atoms with E-state index in [1.165, 1.54) is 26.4 Å². The fourth-order valence-corrected chi connectivity index (χ4v) is 3.74. The number of benzene rings is 2. The van der Waals surface area contributed by atoms with Crippen LogP contribution in [0.4, 0.5) is 5.69 Å². The highest BCUT2D eigenvalue weighted by Crippen LogP contribution is 2.36. The van der Waals surface area contributed by atoms with E-state index < -0.39 is 17.8 Å². The second-order valence-electron chi connectivity index (χ2n) is 6.32. The molecule has 1 fully saturated rings. The molecule has 0 atom stereocenters. The number of thioether (sulfide) groups is 1. The van der Waals surface area contributed by atoms with E-state index >= 15 is 0 Å². The molecule has 32 heavy (non-hydrogen) atoms. The molecule has 1 aliphatic heterocycles. The van der Waals surface area contributed by atoms with Crippen LogP contribution < -0.4 is 14.8 Å². The van der Waals surface area contributed by atoms with E-state index in [9.17, 15) is 19.5 Å². The zero-order chi connectivity index (χ0) is 23.3. The minimum Gasteiger partial charge on any atom is -0.493 e. The molecule has 2 aromatic carbocycles. The molecule has 1 aliphatic rings. The number of methoxy groups -OCH3 is 2. The topological polar surface area (TPSA) is 124 Å². The lowest BCUT2D eigenvalue weighted by Crippen LogP contribution is -2.19. The van der Waals surface area contributed by atoms with Crippen LogP contribution in [-0.2, 0) is 9.53 Å². The van der Waals surface area contributed by atoms with Crippen molar-refractivity contribution in [2.24, 2.45) is 4.99 Å². The lowest BCUT2D eigenvalue weighted by molar-refractivity contribution is -0.115. The molecule has 2 N–H and O–H groups in total. The first-order chi connectivity index (χ1) is 15.4. The van der Waals surface area contributed by atoms with Crippen LogP contribution in [0.5, 0.6) is 11.5 Å². The van der Waals surface area contributed by atoms with Crippen LogP contribution in [0, 0.1) is 0 Å². The first-order valence-electron chi connectivity index (χ1n) is 9.43. The van der Waals surface area contributed by atoms with Crippen molar-refractivity contribution < 1.29 is 33.7 Å². The van der Waals surface area contributed by atoms with E-state index in [-0.39, 0.29) is 34.1 Å². The Morgan fingerprint density at radius 2 is 1.84 bits per heavy atom. The summed E-state index contributed by atoms with van der Waals surface area (Å²) in [6.07, 6.45) is 1.46. The molecule has 0 aromatic heterocycles. The number of aliphatic imine (C=N–C) groups is 1. The van der Waals surface area contributed by atoms with Crippen molar-refractivity contribution in [1.29, 1.82) is 0 Å². The Labute approximate surface area is 188 Å². The van der Waals surface area contributed by atoms with Gasteiger partial charge >= 0.3 is 11.9 Å².